The number of carbonyl (C=O) groups is 1. The minimum absolute atomic E-state index is 0. The molecule has 0 aromatic heterocycles. The maximum atomic E-state index is 12.5. The third kappa shape index (κ3) is 5.49. The molecule has 3 rings (SSSR count). The van der Waals surface area contributed by atoms with Gasteiger partial charge in [-0.05, 0) is 62.6 Å². The molecule has 2 N–H and O–H groups in total. The number of hydrogen-bond acceptors (Lipinski definition) is 4. The maximum Gasteiger partial charge on any atom is 0.223 e. The molecule has 1 aromatic carbocycles. The van der Waals surface area contributed by atoms with Gasteiger partial charge < -0.3 is 15.4 Å². The van der Waals surface area contributed by atoms with Gasteiger partial charge in [-0.25, -0.2) is 0 Å². The van der Waals surface area contributed by atoms with Crippen LogP contribution in [0.25, 0.3) is 0 Å². The van der Waals surface area contributed by atoms with Gasteiger partial charge in [-0.3, -0.25) is 9.69 Å². The number of methoxy groups -OCH3 is 1. The summed E-state index contributed by atoms with van der Waals surface area (Å²) >= 11 is 0. The van der Waals surface area contributed by atoms with Gasteiger partial charge in [0.05, 0.1) is 13.2 Å². The molecule has 2 aliphatic rings. The zero-order valence-electron chi connectivity index (χ0n) is 15.6. The molecule has 2 unspecified atom stereocenters. The van der Waals surface area contributed by atoms with Gasteiger partial charge in [-0.15, -0.1) is 24.8 Å². The highest BCUT2D eigenvalue weighted by molar-refractivity contribution is 5.85. The molecule has 2 saturated heterocycles. The molecule has 0 spiro atoms. The van der Waals surface area contributed by atoms with Crippen LogP contribution in [0.15, 0.2) is 24.3 Å². The van der Waals surface area contributed by atoms with Crippen molar-refractivity contribution in [3.8, 4) is 5.75 Å². The maximum absolute atomic E-state index is 12.5. The van der Waals surface area contributed by atoms with Gasteiger partial charge in [0.15, 0.2) is 0 Å². The first-order chi connectivity index (χ1) is 11.7. The molecule has 0 radical (unpaired) electrons. The molecule has 0 bridgehead atoms. The van der Waals surface area contributed by atoms with E-state index in [0.717, 1.165) is 31.9 Å². The highest BCUT2D eigenvalue weighted by atomic mass is 35.5. The largest absolute Gasteiger partial charge is 0.497 e. The molecule has 1 aromatic rings. The lowest BCUT2D eigenvalue weighted by atomic mass is 9.88. The Morgan fingerprint density at radius 3 is 2.58 bits per heavy atom. The van der Waals surface area contributed by atoms with Crippen LogP contribution in [0, 0.1) is 11.8 Å². The summed E-state index contributed by atoms with van der Waals surface area (Å²) in [5.74, 6) is 1.60. The molecule has 2 aliphatic heterocycles. The van der Waals surface area contributed by atoms with E-state index in [1.54, 1.807) is 7.11 Å². The van der Waals surface area contributed by atoms with E-state index in [9.17, 15) is 4.79 Å². The van der Waals surface area contributed by atoms with Crippen LogP contribution >= 0.6 is 24.8 Å². The van der Waals surface area contributed by atoms with Crippen molar-refractivity contribution in [2.75, 3.05) is 39.8 Å². The summed E-state index contributed by atoms with van der Waals surface area (Å²) < 4.78 is 5.37. The Bertz CT molecular complexity index is 563. The van der Waals surface area contributed by atoms with E-state index >= 15 is 0 Å². The molecule has 7 heteroatoms. The molecule has 0 saturated carbocycles. The summed E-state index contributed by atoms with van der Waals surface area (Å²) in [7, 11) is 1.69. The van der Waals surface area contributed by atoms with Crippen molar-refractivity contribution in [1.82, 2.24) is 15.5 Å². The van der Waals surface area contributed by atoms with E-state index in [1.807, 2.05) is 19.1 Å². The average molecular weight is 404 g/mol. The van der Waals surface area contributed by atoms with E-state index in [2.05, 4.69) is 27.7 Å². The van der Waals surface area contributed by atoms with Gasteiger partial charge in [-0.2, -0.15) is 0 Å². The molecule has 26 heavy (non-hydrogen) atoms. The summed E-state index contributed by atoms with van der Waals surface area (Å²) in [5.41, 5.74) is 1.22. The van der Waals surface area contributed by atoms with Crippen LogP contribution in [-0.4, -0.2) is 50.6 Å². The van der Waals surface area contributed by atoms with E-state index in [4.69, 9.17) is 4.74 Å². The lowest BCUT2D eigenvalue weighted by Crippen LogP contribution is -2.50. The van der Waals surface area contributed by atoms with Crippen molar-refractivity contribution in [3.05, 3.63) is 29.8 Å². The molecular formula is C19H31Cl2N3O2. The number of likely N-dealkylation sites (tertiary alicyclic amines) is 1. The molecule has 2 fully saturated rings. The SMILES string of the molecule is COc1cccc(C(CNC(=O)C(C)C2CNC2)N2CCCC2)c1.Cl.Cl. The second-order valence-electron chi connectivity index (χ2n) is 6.99. The smallest absolute Gasteiger partial charge is 0.223 e. The standard InChI is InChI=1S/C19H29N3O2.2ClH/c1-14(16-11-20-12-16)19(23)21-13-18(22-8-3-4-9-22)15-6-5-7-17(10-15)24-2;;/h5-7,10,14,16,18,20H,3-4,8-9,11-13H2,1-2H3,(H,21,23);2*1H. The van der Waals surface area contributed by atoms with Gasteiger partial charge in [0.1, 0.15) is 5.75 Å². The number of benzene rings is 1. The predicted molar refractivity (Wildman–Crippen MR) is 110 cm³/mol. The molecule has 2 heterocycles. The average Bonchev–Trinajstić information content (AvgIpc) is 3.07. The van der Waals surface area contributed by atoms with Crippen LogP contribution < -0.4 is 15.4 Å². The van der Waals surface area contributed by atoms with Crippen LogP contribution in [0.1, 0.15) is 31.4 Å². The molecule has 0 aliphatic carbocycles. The van der Waals surface area contributed by atoms with Gasteiger partial charge in [0.2, 0.25) is 5.91 Å². The number of ether oxygens (including phenoxy) is 1. The summed E-state index contributed by atoms with van der Waals surface area (Å²) in [6.45, 7) is 6.81. The molecular weight excluding hydrogens is 373 g/mol. The highest BCUT2D eigenvalue weighted by Gasteiger charge is 2.30. The monoisotopic (exact) mass is 403 g/mol. The number of rotatable bonds is 7. The fourth-order valence-electron chi connectivity index (χ4n) is 3.60. The van der Waals surface area contributed by atoms with Crippen LogP contribution in [0.4, 0.5) is 0 Å². The van der Waals surface area contributed by atoms with Crippen molar-refractivity contribution in [3.63, 3.8) is 0 Å². The molecule has 5 nitrogen and oxygen atoms in total. The first-order valence-electron chi connectivity index (χ1n) is 9.05. The van der Waals surface area contributed by atoms with E-state index in [0.29, 0.717) is 12.5 Å². The number of carbonyl (C=O) groups excluding carboxylic acids is 1. The van der Waals surface area contributed by atoms with Crippen LogP contribution in [0.5, 0.6) is 5.75 Å². The van der Waals surface area contributed by atoms with Gasteiger partial charge >= 0.3 is 0 Å². The Morgan fingerprint density at radius 2 is 2.00 bits per heavy atom. The number of hydrogen-bond donors (Lipinski definition) is 2. The van der Waals surface area contributed by atoms with E-state index in [-0.39, 0.29) is 42.7 Å². The van der Waals surface area contributed by atoms with Crippen LogP contribution in [0.2, 0.25) is 0 Å². The van der Waals surface area contributed by atoms with Crippen molar-refractivity contribution >= 4 is 30.7 Å². The quantitative estimate of drug-likeness (QED) is 0.734. The van der Waals surface area contributed by atoms with Gasteiger partial charge in [0, 0.05) is 12.5 Å². The third-order valence-corrected chi connectivity index (χ3v) is 5.46. The van der Waals surface area contributed by atoms with Crippen LogP contribution in [-0.2, 0) is 4.79 Å². The number of nitrogens with zero attached hydrogens (tertiary/aromatic N) is 1. The third-order valence-electron chi connectivity index (χ3n) is 5.46. The molecule has 2 atom stereocenters. The van der Waals surface area contributed by atoms with Gasteiger partial charge in [-0.1, -0.05) is 19.1 Å². The van der Waals surface area contributed by atoms with Crippen molar-refractivity contribution in [2.24, 2.45) is 11.8 Å². The summed E-state index contributed by atoms with van der Waals surface area (Å²) in [4.78, 5) is 14.9. The Kier molecular flexibility index (Phi) is 9.72. The summed E-state index contributed by atoms with van der Waals surface area (Å²) in [6, 6.07) is 8.44. The number of nitrogens with one attached hydrogen (secondary N) is 2. The Hall–Kier alpha value is -1.01. The normalized spacial score (nSPS) is 19.5. The van der Waals surface area contributed by atoms with Crippen molar-refractivity contribution in [2.45, 2.75) is 25.8 Å². The first-order valence-corrected chi connectivity index (χ1v) is 9.05. The lowest BCUT2D eigenvalue weighted by molar-refractivity contribution is -0.126. The minimum Gasteiger partial charge on any atom is -0.497 e. The lowest BCUT2D eigenvalue weighted by Gasteiger charge is -2.33. The van der Waals surface area contributed by atoms with E-state index in [1.165, 1.54) is 18.4 Å². The van der Waals surface area contributed by atoms with Gasteiger partial charge in [0.25, 0.3) is 0 Å². The molecule has 148 valence electrons. The zero-order chi connectivity index (χ0) is 16.9. The Labute approximate surface area is 169 Å². The van der Waals surface area contributed by atoms with Crippen molar-refractivity contribution in [1.29, 1.82) is 0 Å². The highest BCUT2D eigenvalue weighted by Crippen LogP contribution is 2.27. The number of amides is 1. The van der Waals surface area contributed by atoms with E-state index < -0.39 is 0 Å². The predicted octanol–water partition coefficient (Wildman–Crippen LogP) is 2.65. The summed E-state index contributed by atoms with van der Waals surface area (Å²) in [5, 5.41) is 6.44. The molecule has 1 amide bonds. The Morgan fingerprint density at radius 1 is 1.31 bits per heavy atom. The zero-order valence-corrected chi connectivity index (χ0v) is 17.2. The first kappa shape index (κ1) is 23.0. The fraction of sp³-hybridized carbons (Fsp3) is 0.632. The number of halogens is 2. The van der Waals surface area contributed by atoms with Crippen LogP contribution in [0.3, 0.4) is 0 Å². The fourth-order valence-corrected chi connectivity index (χ4v) is 3.60. The second-order valence-corrected chi connectivity index (χ2v) is 6.99. The minimum atomic E-state index is 0. The Balaban J connectivity index is 0.00000169. The summed E-state index contributed by atoms with van der Waals surface area (Å²) in [6.07, 6.45) is 2.47. The second kappa shape index (κ2) is 11.0. The topological polar surface area (TPSA) is 53.6 Å². The van der Waals surface area contributed by atoms with Crippen molar-refractivity contribution < 1.29 is 9.53 Å².